The van der Waals surface area contributed by atoms with Crippen molar-refractivity contribution in [3.8, 4) is 5.75 Å². The fraction of sp³-hybridized carbons (Fsp3) is 0.250. The van der Waals surface area contributed by atoms with Crippen LogP contribution in [0.3, 0.4) is 0 Å². The Balaban J connectivity index is 2.19. The van der Waals surface area contributed by atoms with Crippen LogP contribution < -0.4 is 10.1 Å². The monoisotopic (exact) mass is 475 g/mol. The van der Waals surface area contributed by atoms with Crippen molar-refractivity contribution in [2.75, 3.05) is 5.32 Å². The topological polar surface area (TPSA) is 21.3 Å². The molecule has 21 heavy (non-hydrogen) atoms. The molecule has 0 heterocycles. The van der Waals surface area contributed by atoms with Crippen LogP contribution in [0.25, 0.3) is 0 Å². The molecule has 2 rings (SSSR count). The maximum Gasteiger partial charge on any atom is 0.138 e. The van der Waals surface area contributed by atoms with Crippen molar-refractivity contribution >= 4 is 53.5 Å². The van der Waals surface area contributed by atoms with Gasteiger partial charge < -0.3 is 10.1 Å². The zero-order valence-electron chi connectivity index (χ0n) is 11.8. The van der Waals surface area contributed by atoms with Gasteiger partial charge in [-0.25, -0.2) is 0 Å². The van der Waals surface area contributed by atoms with Crippen molar-refractivity contribution in [2.24, 2.45) is 0 Å². The van der Waals surface area contributed by atoms with Crippen LogP contribution in [0.2, 0.25) is 0 Å². The molecule has 0 spiro atoms. The van der Waals surface area contributed by atoms with Gasteiger partial charge in [-0.3, -0.25) is 0 Å². The Morgan fingerprint density at radius 2 is 1.67 bits per heavy atom. The minimum absolute atomic E-state index is 0.133. The van der Waals surface area contributed by atoms with Crippen LogP contribution in [0.5, 0.6) is 5.75 Å². The molecule has 112 valence electrons. The molecule has 0 unspecified atom stereocenters. The van der Waals surface area contributed by atoms with Crippen molar-refractivity contribution in [1.82, 2.24) is 0 Å². The van der Waals surface area contributed by atoms with Gasteiger partial charge in [0.2, 0.25) is 0 Å². The molecular formula is C16H16Br3NO. The molecule has 1 N–H and O–H groups in total. The van der Waals surface area contributed by atoms with E-state index in [1.165, 1.54) is 0 Å². The number of hydrogen-bond acceptors (Lipinski definition) is 2. The van der Waals surface area contributed by atoms with Gasteiger partial charge in [0.15, 0.2) is 0 Å². The van der Waals surface area contributed by atoms with Gasteiger partial charge in [-0.2, -0.15) is 0 Å². The van der Waals surface area contributed by atoms with Crippen molar-refractivity contribution < 1.29 is 4.74 Å². The zero-order valence-corrected chi connectivity index (χ0v) is 16.5. The quantitative estimate of drug-likeness (QED) is 0.540. The second-order valence-corrected chi connectivity index (χ2v) is 7.59. The van der Waals surface area contributed by atoms with Gasteiger partial charge in [0.05, 0.1) is 10.6 Å². The van der Waals surface area contributed by atoms with E-state index < -0.39 is 0 Å². The lowest BCUT2D eigenvalue weighted by molar-refractivity contribution is 0.238. The molecule has 0 atom stereocenters. The van der Waals surface area contributed by atoms with Crippen LogP contribution in [0.1, 0.15) is 19.4 Å². The second-order valence-electron chi connectivity index (χ2n) is 4.90. The van der Waals surface area contributed by atoms with Gasteiger partial charge in [0, 0.05) is 26.7 Å². The van der Waals surface area contributed by atoms with Gasteiger partial charge >= 0.3 is 0 Å². The highest BCUT2D eigenvalue weighted by Crippen LogP contribution is 2.34. The molecule has 0 amide bonds. The van der Waals surface area contributed by atoms with Crippen molar-refractivity contribution in [3.63, 3.8) is 0 Å². The van der Waals surface area contributed by atoms with Crippen LogP contribution in [0.15, 0.2) is 49.8 Å². The lowest BCUT2D eigenvalue weighted by atomic mass is 10.2. The number of ether oxygens (including phenoxy) is 1. The van der Waals surface area contributed by atoms with E-state index in [0.29, 0.717) is 6.54 Å². The van der Waals surface area contributed by atoms with Crippen LogP contribution >= 0.6 is 47.8 Å². The second kappa shape index (κ2) is 7.65. The summed E-state index contributed by atoms with van der Waals surface area (Å²) in [5.74, 6) is 0.887. The lowest BCUT2D eigenvalue weighted by Crippen LogP contribution is -2.10. The molecule has 0 saturated heterocycles. The van der Waals surface area contributed by atoms with Gasteiger partial charge in [0.25, 0.3) is 0 Å². The van der Waals surface area contributed by atoms with Gasteiger partial charge in [-0.05, 0) is 66.2 Å². The number of rotatable bonds is 5. The molecule has 0 fully saturated rings. The SMILES string of the molecule is CC(C)Oc1c(Br)cc(Br)cc1CNc1ccc(Br)cc1. The fourth-order valence-corrected chi connectivity index (χ4v) is 3.55. The summed E-state index contributed by atoms with van der Waals surface area (Å²) in [4.78, 5) is 0. The van der Waals surface area contributed by atoms with E-state index >= 15 is 0 Å². The van der Waals surface area contributed by atoms with Crippen LogP contribution in [0.4, 0.5) is 5.69 Å². The summed E-state index contributed by atoms with van der Waals surface area (Å²) in [5.41, 5.74) is 2.18. The summed E-state index contributed by atoms with van der Waals surface area (Å²) in [7, 11) is 0. The molecule has 0 aliphatic rings. The predicted molar refractivity (Wildman–Crippen MR) is 99.1 cm³/mol. The third-order valence-electron chi connectivity index (χ3n) is 2.77. The average molecular weight is 478 g/mol. The lowest BCUT2D eigenvalue weighted by Gasteiger charge is -2.17. The highest BCUT2D eigenvalue weighted by Gasteiger charge is 2.11. The van der Waals surface area contributed by atoms with Gasteiger partial charge in [-0.15, -0.1) is 0 Å². The summed E-state index contributed by atoms with van der Waals surface area (Å²) in [5, 5.41) is 3.41. The van der Waals surface area contributed by atoms with E-state index in [9.17, 15) is 0 Å². The summed E-state index contributed by atoms with van der Waals surface area (Å²) >= 11 is 10.5. The fourth-order valence-electron chi connectivity index (χ4n) is 1.88. The van der Waals surface area contributed by atoms with Gasteiger partial charge in [-0.1, -0.05) is 31.9 Å². The smallest absolute Gasteiger partial charge is 0.138 e. The van der Waals surface area contributed by atoms with E-state index in [1.807, 2.05) is 44.2 Å². The molecule has 0 aromatic heterocycles. The first-order valence-corrected chi connectivity index (χ1v) is 8.97. The molecule has 0 radical (unpaired) electrons. The van der Waals surface area contributed by atoms with Crippen LogP contribution in [-0.4, -0.2) is 6.10 Å². The largest absolute Gasteiger partial charge is 0.489 e. The van der Waals surface area contributed by atoms with Crippen molar-refractivity contribution in [1.29, 1.82) is 0 Å². The highest BCUT2D eigenvalue weighted by atomic mass is 79.9. The molecule has 0 aliphatic heterocycles. The summed E-state index contributed by atoms with van der Waals surface area (Å²) in [6.07, 6.45) is 0.133. The van der Waals surface area contributed by atoms with Crippen molar-refractivity contribution in [2.45, 2.75) is 26.5 Å². The Hall–Kier alpha value is -0.520. The Morgan fingerprint density at radius 1 is 1.00 bits per heavy atom. The number of nitrogens with one attached hydrogen (secondary N) is 1. The van der Waals surface area contributed by atoms with Crippen LogP contribution in [-0.2, 0) is 6.54 Å². The molecule has 5 heteroatoms. The highest BCUT2D eigenvalue weighted by molar-refractivity contribution is 9.11. The molecule has 2 nitrogen and oxygen atoms in total. The third kappa shape index (κ3) is 5.01. The maximum absolute atomic E-state index is 5.92. The summed E-state index contributed by atoms with van der Waals surface area (Å²) in [6, 6.07) is 12.2. The van der Waals surface area contributed by atoms with E-state index in [2.05, 4.69) is 59.2 Å². The number of hydrogen-bond donors (Lipinski definition) is 1. The molecule has 2 aromatic rings. The normalized spacial score (nSPS) is 10.8. The Morgan fingerprint density at radius 3 is 2.29 bits per heavy atom. The first-order valence-electron chi connectivity index (χ1n) is 6.59. The first kappa shape index (κ1) is 16.8. The minimum atomic E-state index is 0.133. The molecule has 2 aromatic carbocycles. The van der Waals surface area contributed by atoms with Crippen LogP contribution in [0, 0.1) is 0 Å². The Labute approximate surface area is 150 Å². The van der Waals surface area contributed by atoms with E-state index in [0.717, 1.165) is 30.4 Å². The van der Waals surface area contributed by atoms with Crippen molar-refractivity contribution in [3.05, 3.63) is 55.4 Å². The van der Waals surface area contributed by atoms with Gasteiger partial charge in [0.1, 0.15) is 5.75 Å². The average Bonchev–Trinajstić information content (AvgIpc) is 2.41. The third-order valence-corrected chi connectivity index (χ3v) is 4.34. The van der Waals surface area contributed by atoms with E-state index in [-0.39, 0.29) is 6.10 Å². The number of anilines is 1. The summed E-state index contributed by atoms with van der Waals surface area (Å²) < 4.78 is 8.98. The summed E-state index contributed by atoms with van der Waals surface area (Å²) in [6.45, 7) is 4.75. The Bertz CT molecular complexity index is 612. The number of halogens is 3. The molecule has 0 saturated carbocycles. The predicted octanol–water partition coefficient (Wildman–Crippen LogP) is 6.37. The van der Waals surface area contributed by atoms with E-state index in [1.54, 1.807) is 0 Å². The first-order chi connectivity index (χ1) is 9.95. The Kier molecular flexibility index (Phi) is 6.14. The minimum Gasteiger partial charge on any atom is -0.489 e. The molecule has 0 bridgehead atoms. The molecule has 0 aliphatic carbocycles. The standard InChI is InChI=1S/C16H16Br3NO/c1-10(2)21-16-11(7-13(18)8-15(16)19)9-20-14-5-3-12(17)4-6-14/h3-8,10,20H,9H2,1-2H3. The molecular weight excluding hydrogens is 462 g/mol. The zero-order chi connectivity index (χ0) is 15.4. The maximum atomic E-state index is 5.92. The van der Waals surface area contributed by atoms with E-state index in [4.69, 9.17) is 4.74 Å². The number of benzene rings is 2.